The maximum absolute atomic E-state index is 13.7. The smallest absolute Gasteiger partial charge is 0.218 e. The third kappa shape index (κ3) is 2.84. The fraction of sp³-hybridized carbons (Fsp3) is 0.500. The van der Waals surface area contributed by atoms with Crippen molar-refractivity contribution >= 4 is 0 Å². The van der Waals surface area contributed by atoms with Gasteiger partial charge < -0.3 is 0 Å². The molecule has 1 rings (SSSR count). The highest BCUT2D eigenvalue weighted by atomic mass is 19.4. The van der Waals surface area contributed by atoms with Gasteiger partial charge in [0.05, 0.1) is 0 Å². The average molecular weight is 288 g/mol. The maximum atomic E-state index is 13.7. The first-order valence-corrected chi connectivity index (χ1v) is 5.45. The SMILES string of the molecule is CCCc1cccc(C(F)(C(F)(F)F)C(F)(F)F)c1. The third-order valence-corrected chi connectivity index (χ3v) is 2.64. The predicted molar refractivity (Wildman–Crippen MR) is 55.3 cm³/mol. The van der Waals surface area contributed by atoms with Gasteiger partial charge in [0.1, 0.15) is 0 Å². The standard InChI is InChI=1S/C12H11F7/c1-2-4-8-5-3-6-9(7-8)10(13,11(14,15)16)12(17,18)19/h3,5-7H,2,4H2,1H3. The van der Waals surface area contributed by atoms with Gasteiger partial charge >= 0.3 is 18.0 Å². The molecule has 19 heavy (non-hydrogen) atoms. The van der Waals surface area contributed by atoms with Gasteiger partial charge in [0.2, 0.25) is 0 Å². The molecule has 0 N–H and O–H groups in total. The van der Waals surface area contributed by atoms with Gasteiger partial charge in [-0.05, 0) is 12.0 Å². The van der Waals surface area contributed by atoms with Crippen molar-refractivity contribution in [2.45, 2.75) is 37.8 Å². The van der Waals surface area contributed by atoms with Crippen LogP contribution in [0, 0.1) is 0 Å². The maximum Gasteiger partial charge on any atom is 0.435 e. The van der Waals surface area contributed by atoms with Crippen LogP contribution in [0.25, 0.3) is 0 Å². The largest absolute Gasteiger partial charge is 0.435 e. The molecule has 0 amide bonds. The van der Waals surface area contributed by atoms with Crippen LogP contribution < -0.4 is 0 Å². The minimum atomic E-state index is -6.06. The highest BCUT2D eigenvalue weighted by Gasteiger charge is 2.73. The highest BCUT2D eigenvalue weighted by Crippen LogP contribution is 2.53. The van der Waals surface area contributed by atoms with Crippen LogP contribution in [-0.4, -0.2) is 12.4 Å². The first-order valence-electron chi connectivity index (χ1n) is 5.45. The molecule has 0 radical (unpaired) electrons. The number of hydrogen-bond donors (Lipinski definition) is 0. The molecule has 0 spiro atoms. The van der Waals surface area contributed by atoms with Crippen LogP contribution >= 0.6 is 0 Å². The zero-order valence-electron chi connectivity index (χ0n) is 9.87. The van der Waals surface area contributed by atoms with E-state index >= 15 is 0 Å². The lowest BCUT2D eigenvalue weighted by molar-refractivity contribution is -0.348. The molecule has 0 aliphatic heterocycles. The van der Waals surface area contributed by atoms with Gasteiger partial charge in [0.25, 0.3) is 0 Å². The van der Waals surface area contributed by atoms with Crippen LogP contribution in [0.2, 0.25) is 0 Å². The summed E-state index contributed by atoms with van der Waals surface area (Å²) in [6, 6.07) is 3.47. The van der Waals surface area contributed by atoms with Gasteiger partial charge in [-0.25, -0.2) is 4.39 Å². The summed E-state index contributed by atoms with van der Waals surface area (Å²) >= 11 is 0. The van der Waals surface area contributed by atoms with Crippen molar-refractivity contribution in [3.8, 4) is 0 Å². The van der Waals surface area contributed by atoms with Crippen molar-refractivity contribution in [1.29, 1.82) is 0 Å². The Morgan fingerprint density at radius 1 is 0.895 bits per heavy atom. The van der Waals surface area contributed by atoms with E-state index in [1.165, 1.54) is 6.07 Å². The third-order valence-electron chi connectivity index (χ3n) is 2.64. The molecule has 1 aromatic rings. The van der Waals surface area contributed by atoms with E-state index in [-0.39, 0.29) is 12.0 Å². The summed E-state index contributed by atoms with van der Waals surface area (Å²) in [5.74, 6) is 0. The fourth-order valence-corrected chi connectivity index (χ4v) is 1.72. The Morgan fingerprint density at radius 3 is 1.84 bits per heavy atom. The quantitative estimate of drug-likeness (QED) is 0.692. The number of alkyl halides is 7. The molecule has 108 valence electrons. The molecule has 1 aromatic carbocycles. The Bertz CT molecular complexity index is 416. The van der Waals surface area contributed by atoms with Crippen molar-refractivity contribution in [3.05, 3.63) is 35.4 Å². The zero-order valence-corrected chi connectivity index (χ0v) is 9.87. The lowest BCUT2D eigenvalue weighted by Gasteiger charge is -2.30. The molecule has 0 bridgehead atoms. The average Bonchev–Trinajstić information content (AvgIpc) is 2.25. The molecule has 0 saturated carbocycles. The van der Waals surface area contributed by atoms with E-state index in [4.69, 9.17) is 0 Å². The van der Waals surface area contributed by atoms with E-state index in [9.17, 15) is 30.7 Å². The fourth-order valence-electron chi connectivity index (χ4n) is 1.72. The Kier molecular flexibility index (Phi) is 4.17. The summed E-state index contributed by atoms with van der Waals surface area (Å²) < 4.78 is 88.8. The first kappa shape index (κ1) is 15.8. The summed E-state index contributed by atoms with van der Waals surface area (Å²) in [6.45, 7) is 1.71. The normalized spacial score (nSPS) is 13.7. The molecule has 0 aromatic heterocycles. The van der Waals surface area contributed by atoms with Gasteiger partial charge in [0, 0.05) is 5.56 Å². The molecule has 0 unspecified atom stereocenters. The number of halogens is 7. The first-order chi connectivity index (χ1) is 8.54. The van der Waals surface area contributed by atoms with Crippen LogP contribution in [0.3, 0.4) is 0 Å². The zero-order chi connectivity index (χ0) is 14.9. The van der Waals surface area contributed by atoms with Crippen molar-refractivity contribution in [2.75, 3.05) is 0 Å². The molecule has 0 heterocycles. The van der Waals surface area contributed by atoms with E-state index in [0.29, 0.717) is 18.6 Å². The monoisotopic (exact) mass is 288 g/mol. The predicted octanol–water partition coefficient (Wildman–Crippen LogP) is 4.93. The second-order valence-corrected chi connectivity index (χ2v) is 4.10. The molecule has 0 saturated heterocycles. The van der Waals surface area contributed by atoms with Crippen LogP contribution in [0.5, 0.6) is 0 Å². The minimum absolute atomic E-state index is 0.232. The summed E-state index contributed by atoms with van der Waals surface area (Å²) in [4.78, 5) is 0. The molecular formula is C12H11F7. The van der Waals surface area contributed by atoms with Crippen molar-refractivity contribution < 1.29 is 30.7 Å². The molecule has 0 fully saturated rings. The van der Waals surface area contributed by atoms with Gasteiger partial charge in [-0.3, -0.25) is 0 Å². The van der Waals surface area contributed by atoms with E-state index in [0.717, 1.165) is 6.07 Å². The Balaban J connectivity index is 3.39. The number of rotatable bonds is 3. The summed E-state index contributed by atoms with van der Waals surface area (Å²) in [7, 11) is 0. The number of hydrogen-bond acceptors (Lipinski definition) is 0. The van der Waals surface area contributed by atoms with Crippen LogP contribution in [0.15, 0.2) is 24.3 Å². The molecular weight excluding hydrogens is 277 g/mol. The van der Waals surface area contributed by atoms with Gasteiger partial charge in [-0.15, -0.1) is 0 Å². The lowest BCUT2D eigenvalue weighted by Crippen LogP contribution is -2.50. The van der Waals surface area contributed by atoms with Gasteiger partial charge in [0.15, 0.2) is 0 Å². The highest BCUT2D eigenvalue weighted by molar-refractivity contribution is 5.31. The lowest BCUT2D eigenvalue weighted by atomic mass is 9.92. The van der Waals surface area contributed by atoms with E-state index in [1.807, 2.05) is 0 Å². The number of benzene rings is 1. The summed E-state index contributed by atoms with van der Waals surface area (Å²) in [5.41, 5.74) is -6.54. The van der Waals surface area contributed by atoms with Crippen LogP contribution in [-0.2, 0) is 12.1 Å². The Morgan fingerprint density at radius 2 is 1.42 bits per heavy atom. The van der Waals surface area contributed by atoms with Gasteiger partial charge in [-0.2, -0.15) is 26.3 Å². The summed E-state index contributed by atoms with van der Waals surface area (Å²) in [5, 5.41) is 0. The van der Waals surface area contributed by atoms with Crippen LogP contribution in [0.1, 0.15) is 24.5 Å². The topological polar surface area (TPSA) is 0 Å². The van der Waals surface area contributed by atoms with Gasteiger partial charge in [-0.1, -0.05) is 37.6 Å². The Hall–Kier alpha value is -1.27. The van der Waals surface area contributed by atoms with Crippen molar-refractivity contribution in [1.82, 2.24) is 0 Å². The molecule has 0 nitrogen and oxygen atoms in total. The molecule has 7 heteroatoms. The second kappa shape index (κ2) is 5.02. The van der Waals surface area contributed by atoms with E-state index < -0.39 is 23.6 Å². The molecule has 0 aliphatic carbocycles. The van der Waals surface area contributed by atoms with E-state index in [1.54, 1.807) is 6.92 Å². The van der Waals surface area contributed by atoms with E-state index in [2.05, 4.69) is 0 Å². The molecule has 0 atom stereocenters. The number of aryl methyl sites for hydroxylation is 1. The van der Waals surface area contributed by atoms with Crippen molar-refractivity contribution in [3.63, 3.8) is 0 Å². The minimum Gasteiger partial charge on any atom is -0.218 e. The second-order valence-electron chi connectivity index (χ2n) is 4.10. The summed E-state index contributed by atoms with van der Waals surface area (Å²) in [6.07, 6.45) is -11.3. The van der Waals surface area contributed by atoms with Crippen LogP contribution in [0.4, 0.5) is 30.7 Å². The molecule has 0 aliphatic rings. The van der Waals surface area contributed by atoms with Crippen molar-refractivity contribution in [2.24, 2.45) is 0 Å². The Labute approximate surface area is 105 Å².